The zero-order valence-electron chi connectivity index (χ0n) is 8.71. The third-order valence-electron chi connectivity index (χ3n) is 1.94. The molecule has 0 atom stereocenters. The second-order valence-electron chi connectivity index (χ2n) is 3.21. The van der Waals surface area contributed by atoms with Crippen LogP contribution in [0.1, 0.15) is 16.2 Å². The van der Waals surface area contributed by atoms with Gasteiger partial charge in [-0.1, -0.05) is 6.07 Å². The second-order valence-corrected chi connectivity index (χ2v) is 3.21. The summed E-state index contributed by atoms with van der Waals surface area (Å²) in [5.74, 6) is 0.186. The van der Waals surface area contributed by atoms with Crippen LogP contribution in [0.15, 0.2) is 36.8 Å². The van der Waals surface area contributed by atoms with Crippen molar-refractivity contribution in [2.24, 2.45) is 0 Å². The molecule has 0 aromatic carbocycles. The summed E-state index contributed by atoms with van der Waals surface area (Å²) < 4.78 is 0. The van der Waals surface area contributed by atoms with Crippen LogP contribution in [0.3, 0.4) is 0 Å². The summed E-state index contributed by atoms with van der Waals surface area (Å²) in [5.41, 5.74) is 1.17. The summed E-state index contributed by atoms with van der Waals surface area (Å²) in [6.07, 6.45) is 2.94. The molecule has 0 aliphatic heterocycles. The minimum absolute atomic E-state index is 0.276. The molecule has 1 N–H and O–H groups in total. The fourth-order valence-electron chi connectivity index (χ4n) is 1.21. The first-order valence-corrected chi connectivity index (χ1v) is 4.77. The maximum Gasteiger partial charge on any atom is 0.275 e. The van der Waals surface area contributed by atoms with Crippen molar-refractivity contribution < 1.29 is 4.79 Å². The van der Waals surface area contributed by atoms with E-state index in [0.29, 0.717) is 11.5 Å². The van der Waals surface area contributed by atoms with Gasteiger partial charge in [0.25, 0.3) is 5.91 Å². The van der Waals surface area contributed by atoms with Crippen molar-refractivity contribution in [3.05, 3.63) is 48.2 Å². The topological polar surface area (TPSA) is 67.8 Å². The van der Waals surface area contributed by atoms with Crippen molar-refractivity contribution in [2.75, 3.05) is 5.32 Å². The van der Waals surface area contributed by atoms with E-state index in [1.54, 1.807) is 24.4 Å². The number of aromatic nitrogens is 3. The minimum atomic E-state index is -0.276. The number of rotatable bonds is 2. The molecule has 16 heavy (non-hydrogen) atoms. The van der Waals surface area contributed by atoms with Crippen molar-refractivity contribution in [2.45, 2.75) is 6.92 Å². The Morgan fingerprint density at radius 3 is 2.88 bits per heavy atom. The Balaban J connectivity index is 2.15. The fraction of sp³-hybridized carbons (Fsp3) is 0.0909. The predicted octanol–water partition coefficient (Wildman–Crippen LogP) is 1.43. The third-order valence-corrected chi connectivity index (χ3v) is 1.94. The number of nitrogens with one attached hydrogen (secondary N) is 1. The molecule has 5 heteroatoms. The smallest absolute Gasteiger partial charge is 0.275 e. The second kappa shape index (κ2) is 4.48. The number of nitrogens with zero attached hydrogens (tertiary/aromatic N) is 3. The Morgan fingerprint density at radius 2 is 2.19 bits per heavy atom. The van der Waals surface area contributed by atoms with E-state index in [4.69, 9.17) is 0 Å². The van der Waals surface area contributed by atoms with E-state index >= 15 is 0 Å². The zero-order chi connectivity index (χ0) is 11.4. The van der Waals surface area contributed by atoms with Gasteiger partial charge in [-0.2, -0.15) is 0 Å². The van der Waals surface area contributed by atoms with E-state index in [9.17, 15) is 4.79 Å². The van der Waals surface area contributed by atoms with Crippen LogP contribution in [0.2, 0.25) is 0 Å². The van der Waals surface area contributed by atoms with Gasteiger partial charge >= 0.3 is 0 Å². The lowest BCUT2D eigenvalue weighted by Crippen LogP contribution is -2.14. The monoisotopic (exact) mass is 214 g/mol. The molecule has 0 radical (unpaired) electrons. The van der Waals surface area contributed by atoms with Gasteiger partial charge in [0.2, 0.25) is 0 Å². The molecule has 80 valence electrons. The van der Waals surface area contributed by atoms with Gasteiger partial charge in [-0.05, 0) is 25.1 Å². The van der Waals surface area contributed by atoms with E-state index in [-0.39, 0.29) is 5.91 Å². The van der Waals surface area contributed by atoms with Crippen LogP contribution in [0.25, 0.3) is 0 Å². The highest BCUT2D eigenvalue weighted by Crippen LogP contribution is 2.03. The number of hydrogen-bond donors (Lipinski definition) is 1. The largest absolute Gasteiger partial charge is 0.305 e. The van der Waals surface area contributed by atoms with Crippen molar-refractivity contribution in [3.63, 3.8) is 0 Å². The summed E-state index contributed by atoms with van der Waals surface area (Å²) in [4.78, 5) is 23.5. The summed E-state index contributed by atoms with van der Waals surface area (Å²) in [7, 11) is 0. The summed E-state index contributed by atoms with van der Waals surface area (Å²) in [5, 5.41) is 2.63. The van der Waals surface area contributed by atoms with Gasteiger partial charge in [0.1, 0.15) is 17.8 Å². The molecule has 5 nitrogen and oxygen atoms in total. The molecule has 2 aromatic rings. The van der Waals surface area contributed by atoms with E-state index in [1.807, 2.05) is 13.0 Å². The maximum absolute atomic E-state index is 11.7. The number of aryl methyl sites for hydroxylation is 1. The lowest BCUT2D eigenvalue weighted by Gasteiger charge is -2.03. The molecule has 0 fully saturated rings. The van der Waals surface area contributed by atoms with Crippen LogP contribution in [0.5, 0.6) is 0 Å². The van der Waals surface area contributed by atoms with Crippen molar-refractivity contribution in [1.82, 2.24) is 15.0 Å². The molecule has 0 bridgehead atoms. The molecule has 2 heterocycles. The number of carbonyl (C=O) groups excluding carboxylic acids is 1. The Hall–Kier alpha value is -2.30. The van der Waals surface area contributed by atoms with Crippen molar-refractivity contribution in [3.8, 4) is 0 Å². The van der Waals surface area contributed by atoms with Gasteiger partial charge in [-0.3, -0.25) is 4.79 Å². The lowest BCUT2D eigenvalue weighted by molar-refractivity contribution is 0.102. The predicted molar refractivity (Wildman–Crippen MR) is 59.0 cm³/mol. The van der Waals surface area contributed by atoms with E-state index < -0.39 is 0 Å². The molecule has 0 unspecified atom stereocenters. The van der Waals surface area contributed by atoms with Crippen molar-refractivity contribution in [1.29, 1.82) is 0 Å². The number of anilines is 1. The van der Waals surface area contributed by atoms with Crippen LogP contribution in [0, 0.1) is 6.92 Å². The Bertz CT molecular complexity index is 498. The Morgan fingerprint density at radius 1 is 1.31 bits per heavy atom. The van der Waals surface area contributed by atoms with Gasteiger partial charge in [-0.25, -0.2) is 15.0 Å². The molecule has 2 rings (SSSR count). The molecule has 0 aliphatic carbocycles. The molecular weight excluding hydrogens is 204 g/mol. The first kappa shape index (κ1) is 10.2. The van der Waals surface area contributed by atoms with Crippen LogP contribution in [-0.4, -0.2) is 20.9 Å². The molecule has 1 amide bonds. The van der Waals surface area contributed by atoms with Gasteiger partial charge in [0.05, 0.1) is 0 Å². The number of pyridine rings is 1. The van der Waals surface area contributed by atoms with E-state index in [1.165, 1.54) is 6.33 Å². The zero-order valence-corrected chi connectivity index (χ0v) is 8.71. The average Bonchev–Trinajstić information content (AvgIpc) is 2.30. The minimum Gasteiger partial charge on any atom is -0.305 e. The van der Waals surface area contributed by atoms with Crippen LogP contribution >= 0.6 is 0 Å². The van der Waals surface area contributed by atoms with Crippen LogP contribution in [-0.2, 0) is 0 Å². The van der Waals surface area contributed by atoms with E-state index in [2.05, 4.69) is 20.3 Å². The fourth-order valence-corrected chi connectivity index (χ4v) is 1.21. The van der Waals surface area contributed by atoms with Crippen molar-refractivity contribution >= 4 is 11.7 Å². The first-order chi connectivity index (χ1) is 7.75. The Labute approximate surface area is 92.6 Å². The van der Waals surface area contributed by atoms with Gasteiger partial charge in [-0.15, -0.1) is 0 Å². The number of hydrogen-bond acceptors (Lipinski definition) is 4. The Kier molecular flexibility index (Phi) is 2.86. The van der Waals surface area contributed by atoms with Gasteiger partial charge < -0.3 is 5.32 Å². The van der Waals surface area contributed by atoms with E-state index in [0.717, 1.165) is 5.69 Å². The number of amides is 1. The molecule has 0 aliphatic rings. The SMILES string of the molecule is Cc1cccc(C(=O)Nc2ccncn2)n1. The summed E-state index contributed by atoms with van der Waals surface area (Å²) in [6.45, 7) is 1.83. The first-order valence-electron chi connectivity index (χ1n) is 4.77. The highest BCUT2D eigenvalue weighted by molar-refractivity contribution is 6.02. The maximum atomic E-state index is 11.7. The summed E-state index contributed by atoms with van der Waals surface area (Å²) >= 11 is 0. The highest BCUT2D eigenvalue weighted by atomic mass is 16.1. The normalized spacial score (nSPS) is 9.81. The molecule has 0 saturated heterocycles. The molecule has 2 aromatic heterocycles. The summed E-state index contributed by atoms with van der Waals surface area (Å²) in [6, 6.07) is 6.90. The number of carbonyl (C=O) groups is 1. The third kappa shape index (κ3) is 2.38. The quantitative estimate of drug-likeness (QED) is 0.821. The molecular formula is C11H10N4O. The lowest BCUT2D eigenvalue weighted by atomic mass is 10.3. The van der Waals surface area contributed by atoms with Gasteiger partial charge in [0.15, 0.2) is 0 Å². The molecule has 0 spiro atoms. The standard InChI is InChI=1S/C11H10N4O/c1-8-3-2-4-9(14-8)11(16)15-10-5-6-12-7-13-10/h2-7H,1H3,(H,12,13,15,16). The molecule has 0 saturated carbocycles. The van der Waals surface area contributed by atoms with Gasteiger partial charge in [0, 0.05) is 11.9 Å². The van der Waals surface area contributed by atoms with Crippen LogP contribution < -0.4 is 5.32 Å². The highest BCUT2D eigenvalue weighted by Gasteiger charge is 2.07. The van der Waals surface area contributed by atoms with Crippen LogP contribution in [0.4, 0.5) is 5.82 Å². The average molecular weight is 214 g/mol.